The lowest BCUT2D eigenvalue weighted by atomic mass is 10.2. The molecule has 144 valence electrons. The summed E-state index contributed by atoms with van der Waals surface area (Å²) in [5.74, 6) is 0.244. The molecule has 1 aliphatic rings. The molecule has 27 heavy (non-hydrogen) atoms. The first kappa shape index (κ1) is 19.3. The summed E-state index contributed by atoms with van der Waals surface area (Å²) in [4.78, 5) is 6.73. The number of nitrogens with zero attached hydrogens (tertiary/aromatic N) is 3. The minimum Gasteiger partial charge on any atom is -0.370 e. The summed E-state index contributed by atoms with van der Waals surface area (Å²) >= 11 is 0. The number of hydrogen-bond acceptors (Lipinski definition) is 4. The average Bonchev–Trinajstić information content (AvgIpc) is 2.68. The van der Waals surface area contributed by atoms with Crippen LogP contribution in [0.5, 0.6) is 0 Å². The highest BCUT2D eigenvalue weighted by Gasteiger charge is 2.29. The van der Waals surface area contributed by atoms with Crippen molar-refractivity contribution in [3.8, 4) is 0 Å². The Kier molecular flexibility index (Phi) is 6.10. The Morgan fingerprint density at radius 1 is 1.04 bits per heavy atom. The fourth-order valence-corrected chi connectivity index (χ4v) is 4.57. The summed E-state index contributed by atoms with van der Waals surface area (Å²) in [6.07, 6.45) is 0. The van der Waals surface area contributed by atoms with E-state index in [-0.39, 0.29) is 12.5 Å². The molecule has 0 bridgehead atoms. The molecule has 1 aliphatic heterocycles. The van der Waals surface area contributed by atoms with Crippen molar-refractivity contribution in [2.75, 3.05) is 38.5 Å². The molecular formula is C19H25N5O2S. The number of nitrogens with one attached hydrogen (secondary N) is 1. The fraction of sp³-hybridized carbons (Fsp3) is 0.316. The molecule has 1 saturated heterocycles. The summed E-state index contributed by atoms with van der Waals surface area (Å²) in [5.41, 5.74) is 7.41. The van der Waals surface area contributed by atoms with Gasteiger partial charge in [-0.15, -0.1) is 0 Å². The largest absolute Gasteiger partial charge is 0.370 e. The zero-order chi connectivity index (χ0) is 19.3. The zero-order valence-corrected chi connectivity index (χ0v) is 16.2. The molecule has 2 aromatic rings. The van der Waals surface area contributed by atoms with E-state index in [1.54, 1.807) is 22.5 Å². The lowest BCUT2D eigenvalue weighted by molar-refractivity contribution is 0.222. The van der Waals surface area contributed by atoms with Gasteiger partial charge in [-0.3, -0.25) is 0 Å². The first-order valence-corrected chi connectivity index (χ1v) is 10.3. The number of guanidine groups is 1. The van der Waals surface area contributed by atoms with Gasteiger partial charge in [0.05, 0.1) is 11.4 Å². The first-order valence-electron chi connectivity index (χ1n) is 8.85. The van der Waals surface area contributed by atoms with Crippen LogP contribution in [0, 0.1) is 0 Å². The summed E-state index contributed by atoms with van der Waals surface area (Å²) in [6.45, 7) is 2.64. The number of rotatable bonds is 5. The van der Waals surface area contributed by atoms with Crippen molar-refractivity contribution in [1.82, 2.24) is 9.21 Å². The van der Waals surface area contributed by atoms with Gasteiger partial charge < -0.3 is 16.0 Å². The Morgan fingerprint density at radius 3 is 2.37 bits per heavy atom. The second-order valence-electron chi connectivity index (χ2n) is 6.51. The van der Waals surface area contributed by atoms with E-state index < -0.39 is 10.0 Å². The summed E-state index contributed by atoms with van der Waals surface area (Å²) < 4.78 is 27.7. The van der Waals surface area contributed by atoms with Gasteiger partial charge in [-0.2, -0.15) is 4.31 Å². The predicted octanol–water partition coefficient (Wildman–Crippen LogP) is 1.55. The Labute approximate surface area is 160 Å². The monoisotopic (exact) mass is 387 g/mol. The molecule has 1 fully saturated rings. The van der Waals surface area contributed by atoms with E-state index >= 15 is 0 Å². The van der Waals surface area contributed by atoms with Crippen molar-refractivity contribution in [1.29, 1.82) is 0 Å². The van der Waals surface area contributed by atoms with Gasteiger partial charge in [-0.05, 0) is 30.8 Å². The number of hydrogen-bond donors (Lipinski definition) is 2. The van der Waals surface area contributed by atoms with Crippen molar-refractivity contribution in [2.45, 2.75) is 11.4 Å². The standard InChI is InChI=1S/C19H25N5O2S/c1-23-11-13-24(14-12-23)27(25,26)18-10-6-5-7-16(18)15-21-19(20)22-17-8-3-2-4-9-17/h2-10H,11-15H2,1H3,(H3,20,21,22). The first-order chi connectivity index (χ1) is 13.0. The quantitative estimate of drug-likeness (QED) is 0.600. The number of nitrogens with two attached hydrogens (primary N) is 1. The Morgan fingerprint density at radius 2 is 1.67 bits per heavy atom. The van der Waals surface area contributed by atoms with E-state index in [4.69, 9.17) is 5.73 Å². The van der Waals surface area contributed by atoms with Gasteiger partial charge >= 0.3 is 0 Å². The molecule has 0 radical (unpaired) electrons. The van der Waals surface area contributed by atoms with Crippen molar-refractivity contribution in [3.05, 3.63) is 60.2 Å². The van der Waals surface area contributed by atoms with Gasteiger partial charge in [0.15, 0.2) is 5.96 Å². The summed E-state index contributed by atoms with van der Waals surface area (Å²) in [6, 6.07) is 16.4. The molecule has 0 unspecified atom stereocenters. The third-order valence-electron chi connectivity index (χ3n) is 4.52. The highest BCUT2D eigenvalue weighted by Crippen LogP contribution is 2.22. The summed E-state index contributed by atoms with van der Waals surface area (Å²) in [7, 11) is -1.55. The van der Waals surface area contributed by atoms with Gasteiger partial charge in [0, 0.05) is 31.9 Å². The minimum atomic E-state index is -3.55. The molecule has 0 aliphatic carbocycles. The third kappa shape index (κ3) is 4.85. The maximum absolute atomic E-state index is 13.1. The fourth-order valence-electron chi connectivity index (χ4n) is 2.93. The minimum absolute atomic E-state index is 0.189. The van der Waals surface area contributed by atoms with Crippen molar-refractivity contribution >= 4 is 21.7 Å². The molecular weight excluding hydrogens is 362 g/mol. The number of aliphatic imine (C=N–C) groups is 1. The van der Waals surface area contributed by atoms with E-state index in [9.17, 15) is 8.42 Å². The van der Waals surface area contributed by atoms with E-state index in [0.717, 1.165) is 18.8 Å². The molecule has 2 aromatic carbocycles. The van der Waals surface area contributed by atoms with Crippen LogP contribution in [-0.2, 0) is 16.6 Å². The number of piperazine rings is 1. The van der Waals surface area contributed by atoms with Crippen LogP contribution >= 0.6 is 0 Å². The Bertz CT molecular complexity index is 891. The number of para-hydroxylation sites is 1. The second-order valence-corrected chi connectivity index (χ2v) is 8.41. The summed E-state index contributed by atoms with van der Waals surface area (Å²) in [5, 5.41) is 3.00. The van der Waals surface area contributed by atoms with Gasteiger partial charge in [0.2, 0.25) is 10.0 Å². The molecule has 0 saturated carbocycles. The van der Waals surface area contributed by atoms with Crippen LogP contribution in [0.1, 0.15) is 5.56 Å². The van der Waals surface area contributed by atoms with Crippen molar-refractivity contribution < 1.29 is 8.42 Å². The Hall–Kier alpha value is -2.42. The molecule has 0 spiro atoms. The Balaban J connectivity index is 1.76. The number of likely N-dealkylation sites (N-methyl/N-ethyl adjacent to an activating group) is 1. The van der Waals surface area contributed by atoms with Gasteiger partial charge in [-0.25, -0.2) is 13.4 Å². The third-order valence-corrected chi connectivity index (χ3v) is 6.52. The number of sulfonamides is 1. The van der Waals surface area contributed by atoms with Crippen LogP contribution < -0.4 is 11.1 Å². The average molecular weight is 388 g/mol. The van der Waals surface area contributed by atoms with Gasteiger partial charge in [0.1, 0.15) is 0 Å². The zero-order valence-electron chi connectivity index (χ0n) is 15.4. The van der Waals surface area contributed by atoms with Crippen LogP contribution in [-0.4, -0.2) is 56.8 Å². The molecule has 8 heteroatoms. The van der Waals surface area contributed by atoms with E-state index in [1.807, 2.05) is 43.4 Å². The molecule has 7 nitrogen and oxygen atoms in total. The molecule has 1 heterocycles. The molecule has 0 atom stereocenters. The highest BCUT2D eigenvalue weighted by molar-refractivity contribution is 7.89. The van der Waals surface area contributed by atoms with Crippen LogP contribution in [0.25, 0.3) is 0 Å². The highest BCUT2D eigenvalue weighted by atomic mass is 32.2. The molecule has 3 N–H and O–H groups in total. The van der Waals surface area contributed by atoms with E-state index in [1.165, 1.54) is 0 Å². The maximum atomic E-state index is 13.1. The molecule has 3 rings (SSSR count). The van der Waals surface area contributed by atoms with E-state index in [0.29, 0.717) is 23.5 Å². The predicted molar refractivity (Wildman–Crippen MR) is 108 cm³/mol. The van der Waals surface area contributed by atoms with Gasteiger partial charge in [-0.1, -0.05) is 36.4 Å². The SMILES string of the molecule is CN1CCN(S(=O)(=O)c2ccccc2CN=C(N)Nc2ccccc2)CC1. The van der Waals surface area contributed by atoms with E-state index in [2.05, 4.69) is 15.2 Å². The van der Waals surface area contributed by atoms with Crippen LogP contribution in [0.2, 0.25) is 0 Å². The lowest BCUT2D eigenvalue weighted by Gasteiger charge is -2.32. The topological polar surface area (TPSA) is 91.0 Å². The molecule has 0 aromatic heterocycles. The smallest absolute Gasteiger partial charge is 0.243 e. The van der Waals surface area contributed by atoms with Crippen LogP contribution in [0.3, 0.4) is 0 Å². The van der Waals surface area contributed by atoms with Gasteiger partial charge in [0.25, 0.3) is 0 Å². The molecule has 0 amide bonds. The lowest BCUT2D eigenvalue weighted by Crippen LogP contribution is -2.47. The van der Waals surface area contributed by atoms with Crippen LogP contribution in [0.4, 0.5) is 5.69 Å². The second kappa shape index (κ2) is 8.51. The van der Waals surface area contributed by atoms with Crippen molar-refractivity contribution in [2.24, 2.45) is 10.7 Å². The normalized spacial score (nSPS) is 17.0. The maximum Gasteiger partial charge on any atom is 0.243 e. The van der Waals surface area contributed by atoms with Crippen LogP contribution in [0.15, 0.2) is 64.5 Å². The number of anilines is 1. The number of benzene rings is 2. The van der Waals surface area contributed by atoms with Crippen molar-refractivity contribution in [3.63, 3.8) is 0 Å².